The van der Waals surface area contributed by atoms with Gasteiger partial charge < -0.3 is 14.2 Å². The average Bonchev–Trinajstić information content (AvgIpc) is 3.42. The van der Waals surface area contributed by atoms with E-state index in [1.807, 2.05) is 0 Å². The Bertz CT molecular complexity index is 1120. The number of hydrogen-bond donors (Lipinski definition) is 1. The molecule has 2 fully saturated rings. The molecule has 2 aliphatic rings. The van der Waals surface area contributed by atoms with Crippen LogP contribution in [-0.2, 0) is 26.0 Å². The highest BCUT2D eigenvalue weighted by Crippen LogP contribution is 2.33. The molecular formula is C21H27N5O5S. The average molecular weight is 462 g/mol. The van der Waals surface area contributed by atoms with Crippen molar-refractivity contribution in [1.29, 1.82) is 0 Å². The topological polar surface area (TPSA) is 117 Å². The first-order chi connectivity index (χ1) is 15.2. The second-order valence-electron chi connectivity index (χ2n) is 8.82. The molecule has 0 spiro atoms. The normalized spacial score (nSPS) is 18.7. The molecule has 4 rings (SSSR count). The summed E-state index contributed by atoms with van der Waals surface area (Å²) in [7, 11) is -3.28. The Hall–Kier alpha value is -2.52. The molecule has 32 heavy (non-hydrogen) atoms. The molecule has 0 atom stereocenters. The summed E-state index contributed by atoms with van der Waals surface area (Å²) in [5.74, 6) is 6.25. The summed E-state index contributed by atoms with van der Waals surface area (Å²) in [5, 5.41) is 8.43. The molecule has 172 valence electrons. The van der Waals surface area contributed by atoms with Crippen LogP contribution in [0.4, 0.5) is 0 Å². The fraction of sp³-hybridized carbons (Fsp3) is 0.571. The summed E-state index contributed by atoms with van der Waals surface area (Å²) in [5.41, 5.74) is 1.79. The van der Waals surface area contributed by atoms with Crippen LogP contribution in [0.25, 0.3) is 11.4 Å². The first-order valence-corrected chi connectivity index (χ1v) is 12.3. The lowest BCUT2D eigenvalue weighted by molar-refractivity contribution is -0.227. The number of nitrogens with zero attached hydrogens (tertiary/aromatic N) is 4. The minimum absolute atomic E-state index is 0.00843. The quantitative estimate of drug-likeness (QED) is 0.611. The van der Waals surface area contributed by atoms with Gasteiger partial charge in [0, 0.05) is 17.2 Å². The molecule has 1 N–H and O–H groups in total. The highest BCUT2D eigenvalue weighted by molar-refractivity contribution is 7.88. The number of pyridine rings is 1. The zero-order valence-corrected chi connectivity index (χ0v) is 19.2. The number of ether oxygens (including phenoxy) is 3. The maximum atomic E-state index is 11.1. The van der Waals surface area contributed by atoms with E-state index in [0.717, 1.165) is 19.1 Å². The van der Waals surface area contributed by atoms with Gasteiger partial charge in [-0.15, -0.1) is 5.10 Å². The van der Waals surface area contributed by atoms with E-state index in [2.05, 4.69) is 45.7 Å². The molecular weight excluding hydrogens is 434 g/mol. The highest BCUT2D eigenvalue weighted by Gasteiger charge is 2.29. The monoisotopic (exact) mass is 461 g/mol. The molecule has 0 aromatic carbocycles. The van der Waals surface area contributed by atoms with Crippen LogP contribution < -0.4 is 9.46 Å². The van der Waals surface area contributed by atoms with Crippen LogP contribution in [0.5, 0.6) is 5.75 Å². The maximum absolute atomic E-state index is 11.1. The first kappa shape index (κ1) is 22.7. The molecule has 0 amide bonds. The number of aromatic nitrogens is 4. The van der Waals surface area contributed by atoms with Crippen molar-refractivity contribution in [3.63, 3.8) is 0 Å². The number of nitrogens with one attached hydrogen (secondary N) is 1. The SMILES string of the molecule is CC1(C)COC(Cn2cc(-c3ncc(C#CCNS(C)(=O)=O)cc3OC3CC3)nn2)OC1. The van der Waals surface area contributed by atoms with E-state index in [-0.39, 0.29) is 24.4 Å². The second-order valence-corrected chi connectivity index (χ2v) is 10.7. The first-order valence-electron chi connectivity index (χ1n) is 10.4. The van der Waals surface area contributed by atoms with Crippen molar-refractivity contribution in [2.24, 2.45) is 5.41 Å². The number of hydrogen-bond acceptors (Lipinski definition) is 8. The van der Waals surface area contributed by atoms with Crippen molar-refractivity contribution >= 4 is 10.0 Å². The summed E-state index contributed by atoms with van der Waals surface area (Å²) in [6, 6.07) is 1.79. The van der Waals surface area contributed by atoms with Crippen molar-refractivity contribution in [2.75, 3.05) is 26.0 Å². The van der Waals surface area contributed by atoms with E-state index in [4.69, 9.17) is 14.2 Å². The van der Waals surface area contributed by atoms with E-state index < -0.39 is 10.0 Å². The summed E-state index contributed by atoms with van der Waals surface area (Å²) in [4.78, 5) is 4.49. The van der Waals surface area contributed by atoms with Crippen LogP contribution in [0, 0.1) is 17.3 Å². The lowest BCUT2D eigenvalue weighted by Gasteiger charge is -2.34. The molecule has 2 aromatic heterocycles. The van der Waals surface area contributed by atoms with E-state index in [1.54, 1.807) is 23.1 Å². The van der Waals surface area contributed by atoms with Crippen molar-refractivity contribution in [1.82, 2.24) is 24.7 Å². The summed E-state index contributed by atoms with van der Waals surface area (Å²) in [6.45, 7) is 5.90. The zero-order chi connectivity index (χ0) is 22.8. The molecule has 1 saturated heterocycles. The minimum atomic E-state index is -3.28. The van der Waals surface area contributed by atoms with E-state index >= 15 is 0 Å². The fourth-order valence-electron chi connectivity index (χ4n) is 2.96. The number of sulfonamides is 1. The van der Waals surface area contributed by atoms with E-state index in [0.29, 0.717) is 42.5 Å². The smallest absolute Gasteiger partial charge is 0.209 e. The molecule has 0 bridgehead atoms. The van der Waals surface area contributed by atoms with Gasteiger partial charge >= 0.3 is 0 Å². The van der Waals surface area contributed by atoms with Gasteiger partial charge in [0.1, 0.15) is 17.1 Å². The van der Waals surface area contributed by atoms with E-state index in [1.165, 1.54) is 0 Å². The van der Waals surface area contributed by atoms with Gasteiger partial charge in [-0.3, -0.25) is 0 Å². The third kappa shape index (κ3) is 6.49. The van der Waals surface area contributed by atoms with Gasteiger partial charge in [0.25, 0.3) is 0 Å². The van der Waals surface area contributed by atoms with Gasteiger partial charge in [0.2, 0.25) is 10.0 Å². The van der Waals surface area contributed by atoms with Crippen LogP contribution in [-0.4, -0.2) is 66.8 Å². The molecule has 1 saturated carbocycles. The van der Waals surface area contributed by atoms with Crippen LogP contribution in [0.1, 0.15) is 32.3 Å². The fourth-order valence-corrected chi connectivity index (χ4v) is 3.29. The van der Waals surface area contributed by atoms with Gasteiger partial charge in [0.05, 0.1) is 44.9 Å². The molecule has 1 aliphatic heterocycles. The lowest BCUT2D eigenvalue weighted by atomic mass is 9.96. The molecule has 1 aliphatic carbocycles. The predicted molar refractivity (Wildman–Crippen MR) is 116 cm³/mol. The van der Waals surface area contributed by atoms with Crippen molar-refractivity contribution in [2.45, 2.75) is 45.6 Å². The zero-order valence-electron chi connectivity index (χ0n) is 18.4. The Kier molecular flexibility index (Phi) is 6.48. The van der Waals surface area contributed by atoms with Gasteiger partial charge in [0.15, 0.2) is 6.29 Å². The Morgan fingerprint density at radius 2 is 2.06 bits per heavy atom. The molecule has 11 heteroatoms. The third-order valence-corrected chi connectivity index (χ3v) is 5.43. The standard InChI is InChI=1S/C21H27N5O5S/c1-21(2)13-29-19(30-14-21)12-26-11-17(24-25-26)20-18(31-16-6-7-16)9-15(10-22-20)5-4-8-23-32(3,27)28/h9-11,16,19,23H,6-8,12-14H2,1-3H3. The van der Waals surface area contributed by atoms with E-state index in [9.17, 15) is 8.42 Å². The minimum Gasteiger partial charge on any atom is -0.488 e. The van der Waals surface area contributed by atoms with Crippen molar-refractivity contribution in [3.8, 4) is 29.0 Å². The van der Waals surface area contributed by atoms with Crippen molar-refractivity contribution in [3.05, 3.63) is 24.0 Å². The third-order valence-electron chi connectivity index (χ3n) is 4.76. The number of rotatable bonds is 7. The summed E-state index contributed by atoms with van der Waals surface area (Å²) < 4.78 is 43.9. The summed E-state index contributed by atoms with van der Waals surface area (Å²) in [6.07, 6.45) is 6.26. The van der Waals surface area contributed by atoms with Crippen LogP contribution in [0.15, 0.2) is 18.5 Å². The van der Waals surface area contributed by atoms with Gasteiger partial charge in [-0.1, -0.05) is 30.9 Å². The van der Waals surface area contributed by atoms with Crippen LogP contribution >= 0.6 is 0 Å². The highest BCUT2D eigenvalue weighted by atomic mass is 32.2. The molecule has 0 radical (unpaired) electrons. The van der Waals surface area contributed by atoms with Gasteiger partial charge in [-0.05, 0) is 18.9 Å². The van der Waals surface area contributed by atoms with Crippen LogP contribution in [0.3, 0.4) is 0 Å². The van der Waals surface area contributed by atoms with Crippen molar-refractivity contribution < 1.29 is 22.6 Å². The predicted octanol–water partition coefficient (Wildman–Crippen LogP) is 1.18. The summed E-state index contributed by atoms with van der Waals surface area (Å²) >= 11 is 0. The Morgan fingerprint density at radius 1 is 1.31 bits per heavy atom. The lowest BCUT2D eigenvalue weighted by Crippen LogP contribution is -2.39. The van der Waals surface area contributed by atoms with Crippen LogP contribution in [0.2, 0.25) is 0 Å². The molecule has 3 heterocycles. The molecule has 0 unspecified atom stereocenters. The Labute approximate surface area is 187 Å². The Morgan fingerprint density at radius 3 is 2.75 bits per heavy atom. The Balaban J connectivity index is 1.47. The molecule has 10 nitrogen and oxygen atoms in total. The van der Waals surface area contributed by atoms with Gasteiger partial charge in [-0.25, -0.2) is 22.8 Å². The van der Waals surface area contributed by atoms with Gasteiger partial charge in [-0.2, -0.15) is 0 Å². The maximum Gasteiger partial charge on any atom is 0.209 e. The second kappa shape index (κ2) is 9.15. The largest absolute Gasteiger partial charge is 0.488 e. The molecule has 2 aromatic rings.